The molecular weight excluding hydrogens is 423 g/mol. The van der Waals surface area contributed by atoms with Crippen molar-refractivity contribution in [2.75, 3.05) is 5.73 Å². The minimum atomic E-state index is -0.502. The van der Waals surface area contributed by atoms with Crippen molar-refractivity contribution in [2.24, 2.45) is 7.05 Å². The summed E-state index contributed by atoms with van der Waals surface area (Å²) in [6.45, 7) is 1.86. The van der Waals surface area contributed by atoms with Crippen molar-refractivity contribution < 1.29 is 13.7 Å². The molecule has 6 rings (SSSR count). The summed E-state index contributed by atoms with van der Waals surface area (Å²) in [6, 6.07) is 6.46. The number of ether oxygens (including phenoxy) is 1. The van der Waals surface area contributed by atoms with Crippen molar-refractivity contribution >= 4 is 5.82 Å². The van der Waals surface area contributed by atoms with Crippen LogP contribution >= 0.6 is 0 Å². The summed E-state index contributed by atoms with van der Waals surface area (Å²) >= 11 is 0. The van der Waals surface area contributed by atoms with Crippen molar-refractivity contribution in [3.8, 4) is 28.1 Å². The fourth-order valence-electron chi connectivity index (χ4n) is 4.68. The molecule has 2 bridgehead atoms. The van der Waals surface area contributed by atoms with E-state index in [1.165, 1.54) is 23.4 Å². The summed E-state index contributed by atoms with van der Waals surface area (Å²) in [6.07, 6.45) is 4.96. The second-order valence-corrected chi connectivity index (χ2v) is 8.75. The number of nitrogen functional groups attached to an aromatic ring is 1. The fraction of sp³-hybridized carbons (Fsp3) is 0.333. The Morgan fingerprint density at radius 3 is 2.82 bits per heavy atom. The summed E-state index contributed by atoms with van der Waals surface area (Å²) in [5, 5.41) is 13.7. The highest BCUT2D eigenvalue weighted by Crippen LogP contribution is 2.44. The number of hydrogen-bond acceptors (Lipinski definition) is 7. The number of pyridine rings is 1. The van der Waals surface area contributed by atoms with Crippen LogP contribution in [-0.4, -0.2) is 25.1 Å². The van der Waals surface area contributed by atoms with Gasteiger partial charge in [-0.1, -0.05) is 11.6 Å². The summed E-state index contributed by atoms with van der Waals surface area (Å²) in [5.41, 5.74) is 11.6. The highest BCUT2D eigenvalue weighted by Gasteiger charge is 2.31. The average molecular weight is 446 g/mol. The van der Waals surface area contributed by atoms with Crippen LogP contribution < -0.4 is 10.5 Å². The Morgan fingerprint density at radius 2 is 2.03 bits per heavy atom. The number of nitrogens with two attached hydrogens (primary N) is 1. The third kappa shape index (κ3) is 3.26. The van der Waals surface area contributed by atoms with Crippen molar-refractivity contribution in [2.45, 2.75) is 44.6 Å². The zero-order chi connectivity index (χ0) is 22.7. The lowest BCUT2D eigenvalue weighted by atomic mass is 9.80. The van der Waals surface area contributed by atoms with Gasteiger partial charge in [0.25, 0.3) is 0 Å². The number of aromatic nitrogens is 5. The lowest BCUT2D eigenvalue weighted by Gasteiger charge is -2.24. The molecule has 1 aliphatic heterocycles. The van der Waals surface area contributed by atoms with Gasteiger partial charge in [-0.3, -0.25) is 0 Å². The summed E-state index contributed by atoms with van der Waals surface area (Å²) < 4.78 is 26.4. The van der Waals surface area contributed by atoms with E-state index in [0.29, 0.717) is 35.1 Å². The first-order chi connectivity index (χ1) is 16.0. The highest BCUT2D eigenvalue weighted by molar-refractivity contribution is 5.73. The number of fused-ring (bicyclic) bond motifs is 7. The largest absolute Gasteiger partial charge is 0.482 e. The second kappa shape index (κ2) is 7.40. The van der Waals surface area contributed by atoms with Crippen LogP contribution in [0.1, 0.15) is 60.9 Å². The molecule has 33 heavy (non-hydrogen) atoms. The first-order valence-electron chi connectivity index (χ1n) is 11.1. The molecule has 3 aromatic heterocycles. The molecule has 8 nitrogen and oxygen atoms in total. The van der Waals surface area contributed by atoms with Gasteiger partial charge in [0.2, 0.25) is 0 Å². The minimum Gasteiger partial charge on any atom is -0.482 e. The van der Waals surface area contributed by atoms with Gasteiger partial charge in [0, 0.05) is 35.9 Å². The molecule has 4 aromatic rings. The maximum atomic E-state index is 14.3. The molecule has 1 saturated carbocycles. The zero-order valence-electron chi connectivity index (χ0n) is 18.4. The number of anilines is 1. The van der Waals surface area contributed by atoms with Crippen LogP contribution in [0.4, 0.5) is 10.2 Å². The molecule has 168 valence electrons. The van der Waals surface area contributed by atoms with Gasteiger partial charge in [0.1, 0.15) is 17.6 Å². The molecule has 9 heteroatoms. The fourth-order valence-corrected chi connectivity index (χ4v) is 4.68. The van der Waals surface area contributed by atoms with E-state index < -0.39 is 6.10 Å². The van der Waals surface area contributed by atoms with Gasteiger partial charge in [-0.05, 0) is 44.0 Å². The van der Waals surface area contributed by atoms with Crippen molar-refractivity contribution in [1.29, 1.82) is 0 Å². The van der Waals surface area contributed by atoms with Crippen molar-refractivity contribution in [1.82, 2.24) is 25.1 Å². The first kappa shape index (κ1) is 19.9. The van der Waals surface area contributed by atoms with Crippen LogP contribution in [0.3, 0.4) is 0 Å². The van der Waals surface area contributed by atoms with Gasteiger partial charge in [-0.25, -0.2) is 9.37 Å². The monoisotopic (exact) mass is 446 g/mol. The number of benzene rings is 1. The average Bonchev–Trinajstić information content (AvgIpc) is 3.31. The normalized spacial score (nSPS) is 17.6. The topological polar surface area (TPSA) is 105 Å². The number of halogens is 1. The Morgan fingerprint density at radius 1 is 1.18 bits per heavy atom. The molecule has 1 aromatic carbocycles. The van der Waals surface area contributed by atoms with Crippen LogP contribution in [0, 0.1) is 5.82 Å². The highest BCUT2D eigenvalue weighted by atomic mass is 19.1. The molecular formula is C24H23FN6O2. The van der Waals surface area contributed by atoms with Crippen LogP contribution in [0.15, 0.2) is 35.0 Å². The van der Waals surface area contributed by atoms with E-state index in [1.54, 1.807) is 19.3 Å². The summed E-state index contributed by atoms with van der Waals surface area (Å²) in [4.78, 5) is 5.90. The van der Waals surface area contributed by atoms with E-state index in [4.69, 9.17) is 15.0 Å². The smallest absolute Gasteiger partial charge is 0.166 e. The SMILES string of the molecule is CC1Oc2cc(cnc2N)-c2c(C3CCC3)noc2Cc2nn(C)nc2-c2ccc(F)cc21. The molecule has 1 unspecified atom stereocenters. The Bertz CT molecular complexity index is 1370. The maximum Gasteiger partial charge on any atom is 0.166 e. The molecule has 0 spiro atoms. The van der Waals surface area contributed by atoms with E-state index in [9.17, 15) is 4.39 Å². The number of hydrogen-bond donors (Lipinski definition) is 1. The Balaban J connectivity index is 1.62. The van der Waals surface area contributed by atoms with Crippen molar-refractivity contribution in [3.63, 3.8) is 0 Å². The number of aryl methyl sites for hydroxylation is 1. The van der Waals surface area contributed by atoms with Gasteiger partial charge in [0.05, 0.1) is 23.4 Å². The molecule has 2 N–H and O–H groups in total. The minimum absolute atomic E-state index is 0.268. The standard InChI is InChI=1S/C24H23FN6O2/c1-12-17-9-15(25)6-7-16(17)23-18(28-31(2)29-23)10-19-21(22(30-33-19)13-4-3-5-13)14-8-20(32-12)24(26)27-11-14/h6-9,11-13H,3-5,10H2,1-2H3,(H2,26,27). The zero-order valence-corrected chi connectivity index (χ0v) is 18.4. The Labute approximate surface area is 189 Å². The van der Waals surface area contributed by atoms with Crippen LogP contribution in [0.5, 0.6) is 5.75 Å². The third-order valence-electron chi connectivity index (χ3n) is 6.57. The molecule has 1 aliphatic carbocycles. The molecule has 1 atom stereocenters. The van der Waals surface area contributed by atoms with Gasteiger partial charge < -0.3 is 15.0 Å². The van der Waals surface area contributed by atoms with E-state index in [-0.39, 0.29) is 11.6 Å². The van der Waals surface area contributed by atoms with Crippen LogP contribution in [0.25, 0.3) is 22.4 Å². The molecule has 0 saturated heterocycles. The quantitative estimate of drug-likeness (QED) is 0.457. The summed E-state index contributed by atoms with van der Waals surface area (Å²) in [7, 11) is 1.77. The van der Waals surface area contributed by atoms with E-state index in [0.717, 1.165) is 40.9 Å². The predicted octanol–water partition coefficient (Wildman–Crippen LogP) is 4.57. The van der Waals surface area contributed by atoms with Crippen LogP contribution in [-0.2, 0) is 13.5 Å². The molecule has 0 radical (unpaired) electrons. The van der Waals surface area contributed by atoms with E-state index in [1.807, 2.05) is 13.0 Å². The number of nitrogens with zero attached hydrogens (tertiary/aromatic N) is 5. The van der Waals surface area contributed by atoms with E-state index >= 15 is 0 Å². The number of rotatable bonds is 1. The predicted molar refractivity (Wildman–Crippen MR) is 119 cm³/mol. The lowest BCUT2D eigenvalue weighted by Crippen LogP contribution is -2.11. The van der Waals surface area contributed by atoms with Gasteiger partial charge in [-0.15, -0.1) is 0 Å². The lowest BCUT2D eigenvalue weighted by molar-refractivity contribution is 0.227. The second-order valence-electron chi connectivity index (χ2n) is 8.75. The summed E-state index contributed by atoms with van der Waals surface area (Å²) in [5.74, 6) is 1.39. The van der Waals surface area contributed by atoms with Gasteiger partial charge >= 0.3 is 0 Å². The molecule has 1 fully saturated rings. The van der Waals surface area contributed by atoms with Gasteiger partial charge in [-0.2, -0.15) is 15.0 Å². The maximum absolute atomic E-state index is 14.3. The van der Waals surface area contributed by atoms with E-state index in [2.05, 4.69) is 20.3 Å². The molecule has 2 aliphatic rings. The third-order valence-corrected chi connectivity index (χ3v) is 6.57. The van der Waals surface area contributed by atoms with Gasteiger partial charge in [0.15, 0.2) is 17.3 Å². The molecule has 0 amide bonds. The van der Waals surface area contributed by atoms with Crippen LogP contribution in [0.2, 0.25) is 0 Å². The first-order valence-corrected chi connectivity index (χ1v) is 11.1. The molecule has 4 heterocycles. The van der Waals surface area contributed by atoms with Crippen molar-refractivity contribution in [3.05, 3.63) is 59.0 Å². The Kier molecular flexibility index (Phi) is 4.46. The Hall–Kier alpha value is -3.75.